The number of hydrogen-bond donors (Lipinski definition) is 0. The summed E-state index contributed by atoms with van der Waals surface area (Å²) in [6, 6.07) is 14.6. The summed E-state index contributed by atoms with van der Waals surface area (Å²) in [4.78, 5) is 28.7. The van der Waals surface area contributed by atoms with Crippen molar-refractivity contribution in [1.29, 1.82) is 0 Å². The maximum Gasteiger partial charge on any atom is 0.348 e. The van der Waals surface area contributed by atoms with Crippen LogP contribution in [0.2, 0.25) is 0 Å². The zero-order valence-corrected chi connectivity index (χ0v) is 21.2. The Kier molecular flexibility index (Phi) is 6.65. The largest absolute Gasteiger partial charge is 0.451 e. The lowest BCUT2D eigenvalue weighted by Gasteiger charge is -2.33. The van der Waals surface area contributed by atoms with E-state index < -0.39 is 16.0 Å². The molecule has 2 heterocycles. The standard InChI is InChI=1S/C26H28N2O5S2/c1-18-6-9-23-21(14-18)16-24(34-23)26(30)33-17-25(29)27-10-12-28(13-11-27)35(31,32)22-8-7-19-4-2-3-5-20(19)15-22/h2-5,7-8,15-16,18H,6,9-14,17H2,1H3/t18-/m0/s1. The number of aryl methyl sites for hydroxylation is 1. The van der Waals surface area contributed by atoms with Crippen LogP contribution in [0.5, 0.6) is 0 Å². The second-order valence-corrected chi connectivity index (χ2v) is 12.4. The highest BCUT2D eigenvalue weighted by Crippen LogP contribution is 2.32. The molecule has 3 aromatic rings. The van der Waals surface area contributed by atoms with Crippen molar-refractivity contribution in [2.24, 2.45) is 5.92 Å². The highest BCUT2D eigenvalue weighted by Gasteiger charge is 2.31. The smallest absolute Gasteiger partial charge is 0.348 e. The summed E-state index contributed by atoms with van der Waals surface area (Å²) in [7, 11) is -3.66. The Hall–Kier alpha value is -2.75. The number of amides is 1. The number of rotatable bonds is 5. The minimum Gasteiger partial charge on any atom is -0.451 e. The number of nitrogens with zero attached hydrogens (tertiary/aromatic N) is 2. The Balaban J connectivity index is 1.15. The number of esters is 1. The molecule has 1 fully saturated rings. The molecule has 184 valence electrons. The molecule has 35 heavy (non-hydrogen) atoms. The van der Waals surface area contributed by atoms with E-state index in [0.29, 0.717) is 10.8 Å². The Labute approximate surface area is 209 Å². The fourth-order valence-electron chi connectivity index (χ4n) is 4.75. The Morgan fingerprint density at radius 1 is 1.03 bits per heavy atom. The zero-order valence-electron chi connectivity index (χ0n) is 19.6. The predicted octanol–water partition coefficient (Wildman–Crippen LogP) is 3.72. The molecule has 1 amide bonds. The van der Waals surface area contributed by atoms with Crippen LogP contribution in [-0.2, 0) is 32.4 Å². The van der Waals surface area contributed by atoms with Crippen molar-refractivity contribution < 1.29 is 22.7 Å². The van der Waals surface area contributed by atoms with Gasteiger partial charge in [0.1, 0.15) is 4.88 Å². The second-order valence-electron chi connectivity index (χ2n) is 9.28. The molecule has 0 radical (unpaired) electrons. The maximum absolute atomic E-state index is 13.1. The van der Waals surface area contributed by atoms with Gasteiger partial charge in [0.05, 0.1) is 4.90 Å². The van der Waals surface area contributed by atoms with Gasteiger partial charge in [0.2, 0.25) is 10.0 Å². The van der Waals surface area contributed by atoms with Crippen LogP contribution in [0.3, 0.4) is 0 Å². The molecule has 2 aliphatic rings. The third-order valence-corrected chi connectivity index (χ3v) is 9.92. The van der Waals surface area contributed by atoms with E-state index in [1.54, 1.807) is 23.1 Å². The van der Waals surface area contributed by atoms with Gasteiger partial charge in [0.25, 0.3) is 5.91 Å². The van der Waals surface area contributed by atoms with Crippen LogP contribution in [0.4, 0.5) is 0 Å². The summed E-state index contributed by atoms with van der Waals surface area (Å²) in [6.45, 7) is 2.79. The van der Waals surface area contributed by atoms with Crippen LogP contribution >= 0.6 is 11.3 Å². The topological polar surface area (TPSA) is 84.0 Å². The van der Waals surface area contributed by atoms with Gasteiger partial charge in [-0.25, -0.2) is 13.2 Å². The molecule has 1 aromatic heterocycles. The Morgan fingerprint density at radius 3 is 2.54 bits per heavy atom. The molecule has 2 aromatic carbocycles. The van der Waals surface area contributed by atoms with E-state index in [9.17, 15) is 18.0 Å². The van der Waals surface area contributed by atoms with Gasteiger partial charge in [-0.15, -0.1) is 11.3 Å². The predicted molar refractivity (Wildman–Crippen MR) is 135 cm³/mol. The van der Waals surface area contributed by atoms with Gasteiger partial charge in [-0.2, -0.15) is 4.31 Å². The quantitative estimate of drug-likeness (QED) is 0.487. The number of piperazine rings is 1. The SMILES string of the molecule is C[C@H]1CCc2sc(C(=O)OCC(=O)N3CCN(S(=O)(=O)c4ccc5ccccc5c4)CC3)cc2C1. The minimum atomic E-state index is -3.66. The molecule has 5 rings (SSSR count). The van der Waals surface area contributed by atoms with E-state index in [2.05, 4.69) is 6.92 Å². The number of carbonyl (C=O) groups is 2. The summed E-state index contributed by atoms with van der Waals surface area (Å²) in [5.41, 5.74) is 1.22. The average Bonchev–Trinajstić information content (AvgIpc) is 3.30. The summed E-state index contributed by atoms with van der Waals surface area (Å²) in [5, 5.41) is 1.85. The van der Waals surface area contributed by atoms with Crippen LogP contribution in [-0.4, -0.2) is 62.3 Å². The molecule has 7 nitrogen and oxygen atoms in total. The third-order valence-electron chi connectivity index (χ3n) is 6.81. The second kappa shape index (κ2) is 9.72. The number of hydrogen-bond acceptors (Lipinski definition) is 6. The van der Waals surface area contributed by atoms with Crippen LogP contribution in [0.1, 0.15) is 33.5 Å². The number of sulfonamides is 1. The maximum atomic E-state index is 13.1. The van der Waals surface area contributed by atoms with E-state index in [0.717, 1.165) is 30.0 Å². The third kappa shape index (κ3) is 4.98. The van der Waals surface area contributed by atoms with E-state index in [1.807, 2.05) is 30.3 Å². The van der Waals surface area contributed by atoms with Gasteiger partial charge in [0, 0.05) is 31.1 Å². The Morgan fingerprint density at radius 2 is 1.77 bits per heavy atom. The van der Waals surface area contributed by atoms with Crippen molar-refractivity contribution in [3.05, 3.63) is 63.8 Å². The summed E-state index contributed by atoms with van der Waals surface area (Å²) >= 11 is 1.46. The normalized spacial score (nSPS) is 18.9. The van der Waals surface area contributed by atoms with Crippen molar-refractivity contribution in [1.82, 2.24) is 9.21 Å². The summed E-state index contributed by atoms with van der Waals surface area (Å²) in [6.07, 6.45) is 3.09. The first kappa shape index (κ1) is 24.0. The number of fused-ring (bicyclic) bond motifs is 2. The lowest BCUT2D eigenvalue weighted by atomic mass is 9.90. The number of benzene rings is 2. The molecule has 0 bridgehead atoms. The highest BCUT2D eigenvalue weighted by atomic mass is 32.2. The fraction of sp³-hybridized carbons (Fsp3) is 0.385. The van der Waals surface area contributed by atoms with E-state index in [4.69, 9.17) is 4.74 Å². The molecular weight excluding hydrogens is 484 g/mol. The molecule has 0 spiro atoms. The van der Waals surface area contributed by atoms with Gasteiger partial charge in [-0.05, 0) is 59.7 Å². The molecule has 1 aliphatic carbocycles. The van der Waals surface area contributed by atoms with E-state index in [1.165, 1.54) is 26.1 Å². The molecule has 1 atom stereocenters. The van der Waals surface area contributed by atoms with Gasteiger partial charge in [-0.3, -0.25) is 4.79 Å². The first-order valence-electron chi connectivity index (χ1n) is 11.9. The molecule has 1 aliphatic heterocycles. The van der Waals surface area contributed by atoms with Gasteiger partial charge in [0.15, 0.2) is 6.61 Å². The number of thiophene rings is 1. The van der Waals surface area contributed by atoms with Crippen molar-refractivity contribution in [3.8, 4) is 0 Å². The number of carbonyl (C=O) groups excluding carboxylic acids is 2. The fourth-order valence-corrected chi connectivity index (χ4v) is 7.31. The molecule has 0 saturated carbocycles. The molecule has 0 unspecified atom stereocenters. The lowest BCUT2D eigenvalue weighted by Crippen LogP contribution is -2.51. The first-order valence-corrected chi connectivity index (χ1v) is 14.1. The number of ether oxygens (including phenoxy) is 1. The highest BCUT2D eigenvalue weighted by molar-refractivity contribution is 7.89. The average molecular weight is 513 g/mol. The van der Waals surface area contributed by atoms with Crippen LogP contribution < -0.4 is 0 Å². The van der Waals surface area contributed by atoms with Gasteiger partial charge < -0.3 is 9.64 Å². The molecule has 0 N–H and O–H groups in total. The molecule has 1 saturated heterocycles. The van der Waals surface area contributed by atoms with Crippen molar-refractivity contribution >= 4 is 44.0 Å². The van der Waals surface area contributed by atoms with Crippen LogP contribution in [0, 0.1) is 5.92 Å². The van der Waals surface area contributed by atoms with Crippen LogP contribution in [0.25, 0.3) is 10.8 Å². The van der Waals surface area contributed by atoms with Crippen molar-refractivity contribution in [2.75, 3.05) is 32.8 Å². The van der Waals surface area contributed by atoms with Crippen molar-refractivity contribution in [2.45, 2.75) is 31.1 Å². The minimum absolute atomic E-state index is 0.199. The first-order chi connectivity index (χ1) is 16.8. The van der Waals surface area contributed by atoms with Crippen molar-refractivity contribution in [3.63, 3.8) is 0 Å². The van der Waals surface area contributed by atoms with E-state index in [-0.39, 0.29) is 43.6 Å². The van der Waals surface area contributed by atoms with Crippen LogP contribution in [0.15, 0.2) is 53.4 Å². The lowest BCUT2D eigenvalue weighted by molar-refractivity contribution is -0.135. The van der Waals surface area contributed by atoms with Gasteiger partial charge in [-0.1, -0.05) is 37.3 Å². The van der Waals surface area contributed by atoms with Gasteiger partial charge >= 0.3 is 5.97 Å². The zero-order chi connectivity index (χ0) is 24.6. The molecular formula is C26H28N2O5S2. The molecule has 9 heteroatoms. The summed E-state index contributed by atoms with van der Waals surface area (Å²) in [5.74, 6) is -0.162. The van der Waals surface area contributed by atoms with E-state index >= 15 is 0 Å². The Bertz CT molecular complexity index is 1370. The summed E-state index contributed by atoms with van der Waals surface area (Å²) < 4.78 is 33.0. The monoisotopic (exact) mass is 512 g/mol.